The Kier molecular flexibility index (Phi) is 5.00. The van der Waals surface area contributed by atoms with Gasteiger partial charge < -0.3 is 10.1 Å². The highest BCUT2D eigenvalue weighted by Gasteiger charge is 2.38. The fourth-order valence-corrected chi connectivity index (χ4v) is 3.88. The number of rotatable bonds is 3. The second-order valence-electron chi connectivity index (χ2n) is 7.25. The molecule has 1 spiro atoms. The Morgan fingerprint density at radius 3 is 2.65 bits per heavy atom. The summed E-state index contributed by atoms with van der Waals surface area (Å²) < 4.78 is 6.05. The molecule has 2 saturated heterocycles. The number of benzene rings is 1. The summed E-state index contributed by atoms with van der Waals surface area (Å²) in [5.41, 5.74) is 3.20. The average Bonchev–Trinajstić information content (AvgIpc) is 2.86. The van der Waals surface area contributed by atoms with Crippen molar-refractivity contribution >= 4 is 5.91 Å². The molecule has 26 heavy (non-hydrogen) atoms. The first kappa shape index (κ1) is 17.2. The van der Waals surface area contributed by atoms with Crippen LogP contribution in [-0.4, -0.2) is 47.6 Å². The Morgan fingerprint density at radius 2 is 1.92 bits per heavy atom. The summed E-state index contributed by atoms with van der Waals surface area (Å²) in [5, 5.41) is 2.90. The number of pyridine rings is 1. The fourth-order valence-electron chi connectivity index (χ4n) is 3.88. The zero-order valence-electron chi connectivity index (χ0n) is 15.0. The van der Waals surface area contributed by atoms with Gasteiger partial charge in [0.25, 0.3) is 0 Å². The molecule has 0 radical (unpaired) electrons. The summed E-state index contributed by atoms with van der Waals surface area (Å²) in [4.78, 5) is 18.7. The highest BCUT2D eigenvalue weighted by atomic mass is 16.5. The van der Waals surface area contributed by atoms with Gasteiger partial charge in [0.15, 0.2) is 0 Å². The monoisotopic (exact) mass is 351 g/mol. The van der Waals surface area contributed by atoms with Gasteiger partial charge in [-0.25, -0.2) is 0 Å². The average molecular weight is 351 g/mol. The molecule has 0 bridgehead atoms. The maximum atomic E-state index is 11.9. The van der Waals surface area contributed by atoms with E-state index in [-0.39, 0.29) is 11.5 Å². The van der Waals surface area contributed by atoms with Crippen LogP contribution in [0.4, 0.5) is 0 Å². The van der Waals surface area contributed by atoms with Gasteiger partial charge in [-0.2, -0.15) is 0 Å². The van der Waals surface area contributed by atoms with Gasteiger partial charge in [0.2, 0.25) is 5.91 Å². The Labute approximate surface area is 154 Å². The second kappa shape index (κ2) is 7.56. The Bertz CT molecular complexity index is 738. The molecule has 2 aromatic rings. The first-order chi connectivity index (χ1) is 12.7. The molecule has 1 aromatic heterocycles. The highest BCUT2D eigenvalue weighted by molar-refractivity contribution is 5.77. The Hall–Kier alpha value is -2.24. The first-order valence-electron chi connectivity index (χ1n) is 9.36. The van der Waals surface area contributed by atoms with Crippen LogP contribution in [0.5, 0.6) is 0 Å². The molecule has 5 heteroatoms. The van der Waals surface area contributed by atoms with E-state index in [9.17, 15) is 4.79 Å². The molecule has 136 valence electrons. The van der Waals surface area contributed by atoms with E-state index in [0.29, 0.717) is 19.6 Å². The lowest BCUT2D eigenvalue weighted by atomic mass is 9.87. The molecule has 5 nitrogen and oxygen atoms in total. The van der Waals surface area contributed by atoms with E-state index in [4.69, 9.17) is 4.74 Å². The van der Waals surface area contributed by atoms with E-state index in [0.717, 1.165) is 43.7 Å². The van der Waals surface area contributed by atoms with Crippen LogP contribution >= 0.6 is 0 Å². The van der Waals surface area contributed by atoms with Crippen LogP contribution < -0.4 is 5.32 Å². The normalized spacial score (nSPS) is 20.5. The number of piperidine rings is 1. The van der Waals surface area contributed by atoms with Crippen LogP contribution in [0.2, 0.25) is 0 Å². The van der Waals surface area contributed by atoms with Gasteiger partial charge in [-0.1, -0.05) is 30.3 Å². The quantitative estimate of drug-likeness (QED) is 0.924. The van der Waals surface area contributed by atoms with E-state index in [2.05, 4.69) is 39.5 Å². The number of aromatic nitrogens is 1. The molecule has 2 fully saturated rings. The number of carbonyl (C=O) groups excluding carboxylic acids is 1. The minimum Gasteiger partial charge on any atom is -0.373 e. The predicted octanol–water partition coefficient (Wildman–Crippen LogP) is 2.62. The van der Waals surface area contributed by atoms with Crippen LogP contribution in [-0.2, 0) is 16.1 Å². The van der Waals surface area contributed by atoms with Crippen LogP contribution in [0.3, 0.4) is 0 Å². The minimum absolute atomic E-state index is 0.126. The van der Waals surface area contributed by atoms with Crippen LogP contribution in [0.25, 0.3) is 11.3 Å². The lowest BCUT2D eigenvalue weighted by Crippen LogP contribution is -2.46. The van der Waals surface area contributed by atoms with Gasteiger partial charge in [-0.3, -0.25) is 14.7 Å². The third-order valence-electron chi connectivity index (χ3n) is 5.40. The van der Waals surface area contributed by atoms with Crippen LogP contribution in [0.15, 0.2) is 48.7 Å². The molecule has 0 atom stereocenters. The molecule has 2 aliphatic rings. The standard InChI is InChI=1S/C21H25N3O2/c25-20-15-21(26-14-11-23-20)8-12-24(13-9-21)16-17-4-6-18(7-5-17)19-3-1-2-10-22-19/h1-7,10H,8-9,11-16H2,(H,23,25). The van der Waals surface area contributed by atoms with Gasteiger partial charge in [-0.15, -0.1) is 0 Å². The summed E-state index contributed by atoms with van der Waals surface area (Å²) in [6.45, 7) is 4.13. The maximum absolute atomic E-state index is 11.9. The van der Waals surface area contributed by atoms with Crippen molar-refractivity contribution in [3.05, 3.63) is 54.2 Å². The minimum atomic E-state index is -0.250. The van der Waals surface area contributed by atoms with Crippen molar-refractivity contribution in [1.82, 2.24) is 15.2 Å². The van der Waals surface area contributed by atoms with Crippen LogP contribution in [0, 0.1) is 0 Å². The number of nitrogens with zero attached hydrogens (tertiary/aromatic N) is 2. The Balaban J connectivity index is 1.35. The topological polar surface area (TPSA) is 54.5 Å². The highest BCUT2D eigenvalue weighted by Crippen LogP contribution is 2.31. The molecule has 1 N–H and O–H groups in total. The maximum Gasteiger partial charge on any atom is 0.222 e. The predicted molar refractivity (Wildman–Crippen MR) is 100 cm³/mol. The van der Waals surface area contributed by atoms with Crippen molar-refractivity contribution in [2.24, 2.45) is 0 Å². The lowest BCUT2D eigenvalue weighted by molar-refractivity contribution is -0.128. The molecular weight excluding hydrogens is 326 g/mol. The van der Waals surface area contributed by atoms with Gasteiger partial charge in [0.1, 0.15) is 0 Å². The third kappa shape index (κ3) is 3.94. The zero-order valence-corrected chi connectivity index (χ0v) is 15.0. The smallest absolute Gasteiger partial charge is 0.222 e. The number of amides is 1. The van der Waals surface area contributed by atoms with E-state index in [1.54, 1.807) is 0 Å². The Morgan fingerprint density at radius 1 is 1.12 bits per heavy atom. The molecule has 0 unspecified atom stereocenters. The lowest BCUT2D eigenvalue weighted by Gasteiger charge is -2.40. The zero-order chi connectivity index (χ0) is 17.8. The van der Waals surface area contributed by atoms with Gasteiger partial charge in [-0.05, 0) is 30.5 Å². The summed E-state index contributed by atoms with van der Waals surface area (Å²) in [5.74, 6) is 0.126. The van der Waals surface area contributed by atoms with Crippen molar-refractivity contribution in [1.29, 1.82) is 0 Å². The van der Waals surface area contributed by atoms with Crippen molar-refractivity contribution in [3.8, 4) is 11.3 Å². The molecule has 0 aliphatic carbocycles. The summed E-state index contributed by atoms with van der Waals surface area (Å²) >= 11 is 0. The molecule has 0 saturated carbocycles. The first-order valence-corrected chi connectivity index (χ1v) is 9.36. The number of hydrogen-bond donors (Lipinski definition) is 1. The van der Waals surface area contributed by atoms with Gasteiger partial charge in [0, 0.05) is 37.9 Å². The van der Waals surface area contributed by atoms with Crippen LogP contribution in [0.1, 0.15) is 24.8 Å². The van der Waals surface area contributed by atoms with Crippen molar-refractivity contribution < 1.29 is 9.53 Å². The number of nitrogens with one attached hydrogen (secondary N) is 1. The van der Waals surface area contributed by atoms with E-state index >= 15 is 0 Å². The molecule has 2 aliphatic heterocycles. The second-order valence-corrected chi connectivity index (χ2v) is 7.25. The third-order valence-corrected chi connectivity index (χ3v) is 5.40. The molecule has 3 heterocycles. The van der Waals surface area contributed by atoms with E-state index in [1.165, 1.54) is 5.56 Å². The largest absolute Gasteiger partial charge is 0.373 e. The van der Waals surface area contributed by atoms with E-state index in [1.807, 2.05) is 24.4 Å². The van der Waals surface area contributed by atoms with Crippen molar-refractivity contribution in [2.75, 3.05) is 26.2 Å². The summed E-state index contributed by atoms with van der Waals surface area (Å²) in [6, 6.07) is 14.6. The number of likely N-dealkylation sites (tertiary alicyclic amines) is 1. The summed E-state index contributed by atoms with van der Waals surface area (Å²) in [7, 11) is 0. The van der Waals surface area contributed by atoms with E-state index < -0.39 is 0 Å². The molecular formula is C21H25N3O2. The summed E-state index contributed by atoms with van der Waals surface area (Å²) in [6.07, 6.45) is 4.17. The number of carbonyl (C=O) groups is 1. The van der Waals surface area contributed by atoms with Crippen molar-refractivity contribution in [2.45, 2.75) is 31.4 Å². The fraction of sp³-hybridized carbons (Fsp3) is 0.429. The molecule has 4 rings (SSSR count). The number of ether oxygens (including phenoxy) is 1. The van der Waals surface area contributed by atoms with Gasteiger partial charge >= 0.3 is 0 Å². The SMILES string of the molecule is O=C1CC2(CCN(Cc3ccc(-c4ccccn4)cc3)CC2)OCCN1. The van der Waals surface area contributed by atoms with Gasteiger partial charge in [0.05, 0.1) is 24.3 Å². The molecule has 1 amide bonds. The molecule has 1 aromatic carbocycles. The van der Waals surface area contributed by atoms with Crippen molar-refractivity contribution in [3.63, 3.8) is 0 Å². The number of hydrogen-bond acceptors (Lipinski definition) is 4.